The molecule has 2 aliphatic rings. The Hall–Kier alpha value is -3.66. The van der Waals surface area contributed by atoms with Crippen molar-refractivity contribution < 1.29 is 18.7 Å². The van der Waals surface area contributed by atoms with Crippen molar-refractivity contribution in [1.82, 2.24) is 15.3 Å². The lowest BCUT2D eigenvalue weighted by Crippen LogP contribution is -2.42. The fourth-order valence-corrected chi connectivity index (χ4v) is 4.65. The van der Waals surface area contributed by atoms with E-state index in [1.54, 1.807) is 0 Å². The van der Waals surface area contributed by atoms with Crippen LogP contribution in [0.2, 0.25) is 0 Å². The Morgan fingerprint density at radius 1 is 1.09 bits per heavy atom. The molecule has 9 nitrogen and oxygen atoms in total. The van der Waals surface area contributed by atoms with E-state index in [1.165, 1.54) is 12.1 Å². The molecule has 2 heterocycles. The number of nitrogens with one attached hydrogen (secondary N) is 3. The second kappa shape index (κ2) is 9.91. The first-order chi connectivity index (χ1) is 17.0. The molecule has 0 bridgehead atoms. The number of ether oxygens (including phenoxy) is 2. The predicted molar refractivity (Wildman–Crippen MR) is 132 cm³/mol. The number of carbonyl (C=O) groups is 1. The van der Waals surface area contributed by atoms with E-state index >= 15 is 0 Å². The summed E-state index contributed by atoms with van der Waals surface area (Å²) in [5.74, 6) is 1.49. The molecule has 0 saturated heterocycles. The fraction of sp³-hybridized carbons (Fsp3) is 0.400. The summed E-state index contributed by atoms with van der Waals surface area (Å²) < 4.78 is 24.6. The van der Waals surface area contributed by atoms with Crippen molar-refractivity contribution in [3.63, 3.8) is 0 Å². The molecule has 2 amide bonds. The molecule has 1 aliphatic carbocycles. The number of aromatic nitrogens is 2. The Kier molecular flexibility index (Phi) is 6.54. The first-order valence-corrected chi connectivity index (χ1v) is 11.8. The number of fused-ring (bicyclic) bond motifs is 2. The van der Waals surface area contributed by atoms with Gasteiger partial charge < -0.3 is 30.3 Å². The van der Waals surface area contributed by atoms with Gasteiger partial charge in [0.25, 0.3) is 0 Å². The van der Waals surface area contributed by atoms with Crippen LogP contribution in [0.5, 0.6) is 5.75 Å². The van der Waals surface area contributed by atoms with Crippen molar-refractivity contribution in [2.75, 3.05) is 36.4 Å². The molecule has 3 aromatic rings. The van der Waals surface area contributed by atoms with Crippen LogP contribution in [0.1, 0.15) is 31.2 Å². The van der Waals surface area contributed by atoms with E-state index in [4.69, 9.17) is 14.5 Å². The number of amides is 2. The van der Waals surface area contributed by atoms with Crippen molar-refractivity contribution in [2.45, 2.75) is 44.4 Å². The summed E-state index contributed by atoms with van der Waals surface area (Å²) in [5, 5.41) is 10.2. The normalized spacial score (nSPS) is 19.4. The van der Waals surface area contributed by atoms with Crippen LogP contribution in [0.25, 0.3) is 10.9 Å². The van der Waals surface area contributed by atoms with Gasteiger partial charge in [0.15, 0.2) is 12.5 Å². The molecule has 3 N–H and O–H groups in total. The zero-order chi connectivity index (χ0) is 24.4. The van der Waals surface area contributed by atoms with Crippen LogP contribution < -0.4 is 25.6 Å². The first-order valence-electron chi connectivity index (χ1n) is 11.8. The van der Waals surface area contributed by atoms with Crippen molar-refractivity contribution >= 4 is 34.4 Å². The minimum absolute atomic E-state index is 0.0246. The third-order valence-corrected chi connectivity index (χ3v) is 6.33. The Labute approximate surface area is 203 Å². The highest BCUT2D eigenvalue weighted by molar-refractivity contribution is 5.92. The maximum atomic E-state index is 13.9. The van der Waals surface area contributed by atoms with E-state index in [2.05, 4.69) is 20.9 Å². The van der Waals surface area contributed by atoms with Crippen LogP contribution in [0.4, 0.5) is 26.6 Å². The van der Waals surface area contributed by atoms with Crippen LogP contribution in [-0.2, 0) is 11.3 Å². The SMILES string of the molecule is CN(C)c1nc(NC2CCC(NC(=O)Nc3cc(F)cc4c3OCOC4)CC2)nc2ccccc12. The molecule has 5 rings (SSSR count). The second-order valence-electron chi connectivity index (χ2n) is 9.13. The maximum Gasteiger partial charge on any atom is 0.319 e. The van der Waals surface area contributed by atoms with Crippen LogP contribution >= 0.6 is 0 Å². The van der Waals surface area contributed by atoms with Gasteiger partial charge in [-0.25, -0.2) is 14.2 Å². The maximum absolute atomic E-state index is 13.9. The second-order valence-corrected chi connectivity index (χ2v) is 9.13. The minimum Gasteiger partial charge on any atom is -0.465 e. The number of hydrogen-bond donors (Lipinski definition) is 3. The molecule has 2 aromatic carbocycles. The molecular formula is C25H29FN6O3. The highest BCUT2D eigenvalue weighted by Crippen LogP contribution is 2.33. The van der Waals surface area contributed by atoms with Crippen molar-refractivity contribution in [3.8, 4) is 5.75 Å². The average Bonchev–Trinajstić information content (AvgIpc) is 2.84. The molecule has 10 heteroatoms. The number of para-hydroxylation sites is 1. The van der Waals surface area contributed by atoms with Gasteiger partial charge >= 0.3 is 6.03 Å². The molecule has 35 heavy (non-hydrogen) atoms. The smallest absolute Gasteiger partial charge is 0.319 e. The highest BCUT2D eigenvalue weighted by Gasteiger charge is 2.25. The number of hydrogen-bond acceptors (Lipinski definition) is 7. The summed E-state index contributed by atoms with van der Waals surface area (Å²) in [4.78, 5) is 24.0. The third-order valence-electron chi connectivity index (χ3n) is 6.33. The number of anilines is 3. The Morgan fingerprint density at radius 3 is 2.66 bits per heavy atom. The van der Waals surface area contributed by atoms with Crippen LogP contribution in [-0.4, -0.2) is 49.0 Å². The quantitative estimate of drug-likeness (QED) is 0.502. The molecule has 0 spiro atoms. The van der Waals surface area contributed by atoms with E-state index in [1.807, 2.05) is 43.3 Å². The number of benzene rings is 2. The minimum atomic E-state index is -0.451. The molecular weight excluding hydrogens is 451 g/mol. The van der Waals surface area contributed by atoms with Crippen molar-refractivity contribution in [3.05, 3.63) is 47.8 Å². The summed E-state index contributed by atoms with van der Waals surface area (Å²) in [6.45, 7) is 0.320. The van der Waals surface area contributed by atoms with Gasteiger partial charge in [0.05, 0.1) is 17.8 Å². The molecule has 184 valence electrons. The number of nitrogens with zero attached hydrogens (tertiary/aromatic N) is 3. The summed E-state index contributed by atoms with van der Waals surface area (Å²) in [5.41, 5.74) is 1.78. The highest BCUT2D eigenvalue weighted by atomic mass is 19.1. The Balaban J connectivity index is 1.17. The number of rotatable bonds is 5. The monoisotopic (exact) mass is 480 g/mol. The van der Waals surface area contributed by atoms with Gasteiger partial charge in [0.1, 0.15) is 11.6 Å². The van der Waals surface area contributed by atoms with Crippen molar-refractivity contribution in [2.24, 2.45) is 0 Å². The molecule has 1 saturated carbocycles. The van der Waals surface area contributed by atoms with E-state index in [9.17, 15) is 9.18 Å². The Bertz CT molecular complexity index is 1230. The lowest BCUT2D eigenvalue weighted by atomic mass is 9.91. The molecule has 0 unspecified atom stereocenters. The fourth-order valence-electron chi connectivity index (χ4n) is 4.65. The predicted octanol–water partition coefficient (Wildman–Crippen LogP) is 4.25. The van der Waals surface area contributed by atoms with E-state index in [0.29, 0.717) is 22.9 Å². The largest absolute Gasteiger partial charge is 0.465 e. The lowest BCUT2D eigenvalue weighted by molar-refractivity contribution is -0.0160. The van der Waals surface area contributed by atoms with E-state index in [0.717, 1.165) is 42.4 Å². The average molecular weight is 481 g/mol. The number of halogens is 1. The molecule has 1 aliphatic heterocycles. The molecule has 0 atom stereocenters. The summed E-state index contributed by atoms with van der Waals surface area (Å²) in [6, 6.07) is 10.5. The standard InChI is InChI=1S/C25H29FN6O3/c1-32(2)23-19-5-3-4-6-20(19)29-24(31-23)27-17-7-9-18(10-8-17)28-25(33)30-21-12-16(26)11-15-13-34-14-35-22(15)21/h3-6,11-12,17-18H,7-10,13-14H2,1-2H3,(H,27,29,31)(H2,28,30,33). The number of carbonyl (C=O) groups excluding carboxylic acids is 1. The zero-order valence-electron chi connectivity index (χ0n) is 19.8. The summed E-state index contributed by atoms with van der Waals surface area (Å²) in [7, 11) is 3.94. The third kappa shape index (κ3) is 5.22. The van der Waals surface area contributed by atoms with Gasteiger partial charge in [0, 0.05) is 43.2 Å². The van der Waals surface area contributed by atoms with E-state index in [-0.39, 0.29) is 31.5 Å². The lowest BCUT2D eigenvalue weighted by Gasteiger charge is -2.30. The Morgan fingerprint density at radius 2 is 1.86 bits per heavy atom. The summed E-state index contributed by atoms with van der Waals surface area (Å²) in [6.07, 6.45) is 3.36. The van der Waals surface area contributed by atoms with Gasteiger partial charge in [-0.1, -0.05) is 12.1 Å². The molecule has 0 radical (unpaired) electrons. The van der Waals surface area contributed by atoms with Crippen LogP contribution in [0, 0.1) is 5.82 Å². The topological polar surface area (TPSA) is 101 Å². The van der Waals surface area contributed by atoms with E-state index < -0.39 is 5.82 Å². The molecule has 1 aromatic heterocycles. The van der Waals surface area contributed by atoms with Crippen LogP contribution in [0.3, 0.4) is 0 Å². The molecule has 1 fully saturated rings. The van der Waals surface area contributed by atoms with Gasteiger partial charge in [-0.05, 0) is 43.9 Å². The van der Waals surface area contributed by atoms with Gasteiger partial charge in [-0.2, -0.15) is 4.98 Å². The first kappa shape index (κ1) is 23.1. The van der Waals surface area contributed by atoms with Gasteiger partial charge in [-0.15, -0.1) is 0 Å². The van der Waals surface area contributed by atoms with Crippen molar-refractivity contribution in [1.29, 1.82) is 0 Å². The summed E-state index contributed by atoms with van der Waals surface area (Å²) >= 11 is 0. The zero-order valence-corrected chi connectivity index (χ0v) is 19.8. The number of urea groups is 1. The van der Waals surface area contributed by atoms with Gasteiger partial charge in [-0.3, -0.25) is 0 Å². The van der Waals surface area contributed by atoms with Gasteiger partial charge in [0.2, 0.25) is 5.95 Å². The van der Waals surface area contributed by atoms with Crippen LogP contribution in [0.15, 0.2) is 36.4 Å².